The van der Waals surface area contributed by atoms with E-state index < -0.39 is 14.8 Å². The number of sulfone groups is 1. The Hall–Kier alpha value is -0.900. The Balaban J connectivity index is 2.06. The van der Waals surface area contributed by atoms with Crippen molar-refractivity contribution in [1.82, 2.24) is 0 Å². The van der Waals surface area contributed by atoms with E-state index in [0.29, 0.717) is 12.8 Å². The zero-order valence-corrected chi connectivity index (χ0v) is 13.0. The van der Waals surface area contributed by atoms with Gasteiger partial charge in [0.15, 0.2) is 0 Å². The summed E-state index contributed by atoms with van der Waals surface area (Å²) in [6, 6.07) is 4.73. The van der Waals surface area contributed by atoms with Gasteiger partial charge in [0.05, 0.1) is 16.4 Å². The summed E-state index contributed by atoms with van der Waals surface area (Å²) in [4.78, 5) is 10.2. The molecular formula is C11H13IN2O4S. The van der Waals surface area contributed by atoms with Gasteiger partial charge >= 0.3 is 0 Å². The predicted octanol–water partition coefficient (Wildman–Crippen LogP) is 2.19. The molecule has 1 N–H and O–H groups in total. The third-order valence-corrected chi connectivity index (χ3v) is 5.69. The molecule has 0 aromatic heterocycles. The van der Waals surface area contributed by atoms with Crippen molar-refractivity contribution in [3.05, 3.63) is 31.9 Å². The van der Waals surface area contributed by atoms with E-state index in [-0.39, 0.29) is 23.2 Å². The number of non-ortho nitro benzene ring substituents is 1. The zero-order chi connectivity index (χ0) is 14.0. The van der Waals surface area contributed by atoms with E-state index in [4.69, 9.17) is 0 Å². The van der Waals surface area contributed by atoms with Gasteiger partial charge in [0.2, 0.25) is 0 Å². The minimum absolute atomic E-state index is 0.0566. The SMILES string of the molecule is O=[N+]([O-])c1ccc(NC2CCS(=O)(=O)CC2)c(I)c1. The Morgan fingerprint density at radius 3 is 2.47 bits per heavy atom. The summed E-state index contributed by atoms with van der Waals surface area (Å²) in [5.74, 6) is 0.405. The highest BCUT2D eigenvalue weighted by Gasteiger charge is 2.24. The van der Waals surface area contributed by atoms with Crippen molar-refractivity contribution in [2.45, 2.75) is 18.9 Å². The number of hydrogen-bond donors (Lipinski definition) is 1. The highest BCUT2D eigenvalue weighted by molar-refractivity contribution is 14.1. The molecule has 0 unspecified atom stereocenters. The molecule has 1 aromatic rings. The standard InChI is InChI=1S/C11H13IN2O4S/c12-10-7-9(14(15)16)1-2-11(10)13-8-3-5-19(17,18)6-4-8/h1-2,7-8,13H,3-6H2. The molecule has 0 spiro atoms. The van der Waals surface area contributed by atoms with Crippen LogP contribution in [0.4, 0.5) is 11.4 Å². The first-order chi connectivity index (χ1) is 8.87. The Labute approximate surface area is 124 Å². The van der Waals surface area contributed by atoms with Gasteiger partial charge in [-0.15, -0.1) is 0 Å². The first-order valence-corrected chi connectivity index (χ1v) is 8.68. The van der Waals surface area contributed by atoms with E-state index in [9.17, 15) is 18.5 Å². The summed E-state index contributed by atoms with van der Waals surface area (Å²) < 4.78 is 23.4. The number of nitro groups is 1. The van der Waals surface area contributed by atoms with Crippen LogP contribution in [-0.4, -0.2) is 30.9 Å². The van der Waals surface area contributed by atoms with E-state index in [1.165, 1.54) is 12.1 Å². The number of halogens is 1. The molecule has 2 rings (SSSR count). The van der Waals surface area contributed by atoms with E-state index in [1.54, 1.807) is 6.07 Å². The summed E-state index contributed by atoms with van der Waals surface area (Å²) in [6.07, 6.45) is 1.16. The minimum atomic E-state index is -2.87. The number of rotatable bonds is 3. The van der Waals surface area contributed by atoms with E-state index >= 15 is 0 Å². The normalized spacial score (nSPS) is 19.0. The second kappa shape index (κ2) is 5.61. The average molecular weight is 396 g/mol. The first kappa shape index (κ1) is 14.5. The number of hydrogen-bond acceptors (Lipinski definition) is 5. The molecule has 104 valence electrons. The zero-order valence-electron chi connectivity index (χ0n) is 10.0. The fourth-order valence-corrected chi connectivity index (χ4v) is 4.13. The van der Waals surface area contributed by atoms with Crippen molar-refractivity contribution < 1.29 is 13.3 Å². The van der Waals surface area contributed by atoms with Crippen LogP contribution < -0.4 is 5.32 Å². The molecule has 0 saturated carbocycles. The Bertz CT molecular complexity index is 589. The Morgan fingerprint density at radius 1 is 1.32 bits per heavy atom. The summed E-state index contributed by atoms with van der Waals surface area (Å²) in [6.45, 7) is 0. The van der Waals surface area contributed by atoms with Crippen LogP contribution in [0.3, 0.4) is 0 Å². The molecule has 0 amide bonds. The maximum Gasteiger partial charge on any atom is 0.270 e. The lowest BCUT2D eigenvalue weighted by Crippen LogP contribution is -2.32. The molecule has 1 aliphatic rings. The average Bonchev–Trinajstić information content (AvgIpc) is 2.34. The molecule has 8 heteroatoms. The van der Waals surface area contributed by atoms with E-state index in [0.717, 1.165) is 9.26 Å². The topological polar surface area (TPSA) is 89.3 Å². The summed E-state index contributed by atoms with van der Waals surface area (Å²) >= 11 is 2.04. The number of anilines is 1. The van der Waals surface area contributed by atoms with Crippen molar-refractivity contribution in [3.8, 4) is 0 Å². The summed E-state index contributed by atoms with van der Waals surface area (Å²) in [5, 5.41) is 13.9. The van der Waals surface area contributed by atoms with Crippen LogP contribution in [0.1, 0.15) is 12.8 Å². The van der Waals surface area contributed by atoms with Crippen LogP contribution in [0.15, 0.2) is 18.2 Å². The summed E-state index contributed by atoms with van der Waals surface area (Å²) in [7, 11) is -2.87. The van der Waals surface area contributed by atoms with Gasteiger partial charge in [-0.3, -0.25) is 10.1 Å². The Morgan fingerprint density at radius 2 is 1.95 bits per heavy atom. The van der Waals surface area contributed by atoms with Crippen LogP contribution in [0.2, 0.25) is 0 Å². The molecule has 0 atom stereocenters. The maximum absolute atomic E-state index is 11.3. The van der Waals surface area contributed by atoms with Crippen molar-refractivity contribution in [1.29, 1.82) is 0 Å². The highest BCUT2D eigenvalue weighted by Crippen LogP contribution is 2.26. The number of benzene rings is 1. The fourth-order valence-electron chi connectivity index (χ4n) is 1.99. The van der Waals surface area contributed by atoms with Gasteiger partial charge in [-0.25, -0.2) is 8.42 Å². The lowest BCUT2D eigenvalue weighted by atomic mass is 10.1. The third kappa shape index (κ3) is 3.78. The lowest BCUT2D eigenvalue weighted by Gasteiger charge is -2.24. The molecule has 0 radical (unpaired) electrons. The van der Waals surface area contributed by atoms with Crippen LogP contribution in [0, 0.1) is 13.7 Å². The monoisotopic (exact) mass is 396 g/mol. The van der Waals surface area contributed by atoms with Crippen molar-refractivity contribution >= 4 is 43.8 Å². The van der Waals surface area contributed by atoms with E-state index in [1.807, 2.05) is 22.6 Å². The van der Waals surface area contributed by atoms with Crippen LogP contribution in [-0.2, 0) is 9.84 Å². The smallest absolute Gasteiger partial charge is 0.270 e. The Kier molecular flexibility index (Phi) is 4.29. The highest BCUT2D eigenvalue weighted by atomic mass is 127. The fraction of sp³-hybridized carbons (Fsp3) is 0.455. The van der Waals surface area contributed by atoms with Gasteiger partial charge in [-0.05, 0) is 41.5 Å². The minimum Gasteiger partial charge on any atom is -0.381 e. The van der Waals surface area contributed by atoms with Gasteiger partial charge in [-0.2, -0.15) is 0 Å². The van der Waals surface area contributed by atoms with Crippen LogP contribution in [0.5, 0.6) is 0 Å². The van der Waals surface area contributed by atoms with Crippen LogP contribution in [0.25, 0.3) is 0 Å². The number of nitrogens with zero attached hydrogens (tertiary/aromatic N) is 1. The predicted molar refractivity (Wildman–Crippen MR) is 81.1 cm³/mol. The van der Waals surface area contributed by atoms with Gasteiger partial charge in [0.25, 0.3) is 5.69 Å². The molecule has 1 aromatic carbocycles. The maximum atomic E-state index is 11.3. The molecule has 1 aliphatic heterocycles. The van der Waals surface area contributed by atoms with Crippen molar-refractivity contribution in [3.63, 3.8) is 0 Å². The second-order valence-corrected chi connectivity index (χ2v) is 7.96. The van der Waals surface area contributed by atoms with Gasteiger partial charge in [-0.1, -0.05) is 0 Å². The number of nitrogens with one attached hydrogen (secondary N) is 1. The molecule has 0 aliphatic carbocycles. The van der Waals surface area contributed by atoms with Crippen molar-refractivity contribution in [2.75, 3.05) is 16.8 Å². The third-order valence-electron chi connectivity index (χ3n) is 3.08. The molecular weight excluding hydrogens is 383 g/mol. The molecule has 6 nitrogen and oxygen atoms in total. The number of nitro benzene ring substituents is 1. The van der Waals surface area contributed by atoms with Gasteiger partial charge in [0.1, 0.15) is 9.84 Å². The molecule has 19 heavy (non-hydrogen) atoms. The summed E-state index contributed by atoms with van der Waals surface area (Å²) in [5.41, 5.74) is 0.872. The van der Waals surface area contributed by atoms with Gasteiger partial charge in [0, 0.05) is 27.4 Å². The van der Waals surface area contributed by atoms with E-state index in [2.05, 4.69) is 5.32 Å². The molecule has 1 heterocycles. The van der Waals surface area contributed by atoms with Gasteiger partial charge < -0.3 is 5.32 Å². The first-order valence-electron chi connectivity index (χ1n) is 5.78. The molecule has 1 fully saturated rings. The quantitative estimate of drug-likeness (QED) is 0.481. The second-order valence-electron chi connectivity index (χ2n) is 4.49. The lowest BCUT2D eigenvalue weighted by molar-refractivity contribution is -0.384. The largest absolute Gasteiger partial charge is 0.381 e. The van der Waals surface area contributed by atoms with Crippen molar-refractivity contribution in [2.24, 2.45) is 0 Å². The van der Waals surface area contributed by atoms with Crippen LogP contribution >= 0.6 is 22.6 Å². The molecule has 0 bridgehead atoms. The molecule has 1 saturated heterocycles.